The molecule has 0 saturated carbocycles. The van der Waals surface area contributed by atoms with E-state index >= 15 is 0 Å². The van der Waals surface area contributed by atoms with Crippen LogP contribution in [0, 0.1) is 0 Å². The molecular weight excluding hydrogens is 351 g/mol. The molecule has 0 atom stereocenters. The van der Waals surface area contributed by atoms with Gasteiger partial charge >= 0.3 is 146 Å². The second kappa shape index (κ2) is 10.7. The molecular formula is C20H24SSe. The van der Waals surface area contributed by atoms with E-state index in [0.29, 0.717) is 15.0 Å². The van der Waals surface area contributed by atoms with E-state index in [1.165, 1.54) is 41.5 Å². The maximum absolute atomic E-state index is 2.40. The van der Waals surface area contributed by atoms with Crippen LogP contribution < -0.4 is 4.46 Å². The van der Waals surface area contributed by atoms with Crippen molar-refractivity contribution in [2.45, 2.75) is 43.9 Å². The molecule has 0 bridgehead atoms. The standard InChI is InChI=1S/C20H24SSe/c1-2-3-4-9-16-20(22-19-14-10-6-11-15-19)17-21-18-12-7-5-8-13-18/h5-8,10-15,17H,2-4,9,16H2,1H3/b20-17+. The Labute approximate surface area is 145 Å². The number of unbranched alkanes of at least 4 members (excludes halogenated alkanes) is 3. The van der Waals surface area contributed by atoms with Gasteiger partial charge in [-0.25, -0.2) is 0 Å². The summed E-state index contributed by atoms with van der Waals surface area (Å²) in [5.74, 6) is 0. The zero-order valence-corrected chi connectivity index (χ0v) is 15.7. The second-order valence-electron chi connectivity index (χ2n) is 5.24. The van der Waals surface area contributed by atoms with Crippen LogP contribution in [0.25, 0.3) is 0 Å². The minimum atomic E-state index is 0.454. The zero-order valence-electron chi connectivity index (χ0n) is 13.2. The van der Waals surface area contributed by atoms with Crippen molar-refractivity contribution in [1.29, 1.82) is 0 Å². The van der Waals surface area contributed by atoms with E-state index in [1.807, 2.05) is 11.8 Å². The summed E-state index contributed by atoms with van der Waals surface area (Å²) in [7, 11) is 0. The van der Waals surface area contributed by atoms with Gasteiger partial charge in [-0.15, -0.1) is 0 Å². The van der Waals surface area contributed by atoms with Crippen molar-refractivity contribution in [3.05, 3.63) is 70.5 Å². The van der Waals surface area contributed by atoms with E-state index in [1.54, 1.807) is 4.47 Å². The van der Waals surface area contributed by atoms with Gasteiger partial charge in [0.2, 0.25) is 0 Å². The number of hydrogen-bond acceptors (Lipinski definition) is 1. The number of hydrogen-bond donors (Lipinski definition) is 0. The number of benzene rings is 2. The molecule has 2 heteroatoms. The summed E-state index contributed by atoms with van der Waals surface area (Å²) in [6, 6.07) is 21.6. The van der Waals surface area contributed by atoms with E-state index in [0.717, 1.165) is 0 Å². The van der Waals surface area contributed by atoms with Crippen LogP contribution in [0.5, 0.6) is 0 Å². The first-order valence-electron chi connectivity index (χ1n) is 8.02. The van der Waals surface area contributed by atoms with Crippen LogP contribution in [0.4, 0.5) is 0 Å². The first kappa shape index (κ1) is 17.4. The maximum atomic E-state index is 2.40. The predicted octanol–water partition coefficient (Wildman–Crippen LogP) is 5.62. The normalized spacial score (nSPS) is 11.6. The Morgan fingerprint density at radius 1 is 0.909 bits per heavy atom. The van der Waals surface area contributed by atoms with E-state index in [9.17, 15) is 0 Å². The number of rotatable bonds is 9. The average molecular weight is 375 g/mol. The summed E-state index contributed by atoms with van der Waals surface area (Å²) in [4.78, 5) is 1.33. The Morgan fingerprint density at radius 3 is 2.27 bits per heavy atom. The van der Waals surface area contributed by atoms with Gasteiger partial charge in [0, 0.05) is 0 Å². The molecule has 2 aromatic carbocycles. The van der Waals surface area contributed by atoms with Gasteiger partial charge in [0.05, 0.1) is 0 Å². The molecule has 0 heterocycles. The van der Waals surface area contributed by atoms with Crippen molar-refractivity contribution in [2.24, 2.45) is 0 Å². The summed E-state index contributed by atoms with van der Waals surface area (Å²) in [5.41, 5.74) is 0. The summed E-state index contributed by atoms with van der Waals surface area (Å²) in [6.45, 7) is 2.27. The van der Waals surface area contributed by atoms with E-state index in [-0.39, 0.29) is 0 Å². The summed E-state index contributed by atoms with van der Waals surface area (Å²) in [6.07, 6.45) is 6.59. The van der Waals surface area contributed by atoms with Gasteiger partial charge in [-0.1, -0.05) is 0 Å². The van der Waals surface area contributed by atoms with Crippen LogP contribution in [-0.2, 0) is 0 Å². The third-order valence-electron chi connectivity index (χ3n) is 3.34. The SMILES string of the molecule is CCCCCC/C(=C\Sc1ccccc1)[Se]c1ccccc1. The Morgan fingerprint density at radius 2 is 1.59 bits per heavy atom. The molecule has 2 rings (SSSR count). The first-order valence-corrected chi connectivity index (χ1v) is 10.6. The predicted molar refractivity (Wildman–Crippen MR) is 101 cm³/mol. The first-order chi connectivity index (χ1) is 10.9. The Hall–Kier alpha value is -0.951. The Kier molecular flexibility index (Phi) is 8.48. The van der Waals surface area contributed by atoms with Gasteiger partial charge < -0.3 is 0 Å². The van der Waals surface area contributed by atoms with Crippen LogP contribution in [0.3, 0.4) is 0 Å². The molecule has 0 amide bonds. The molecule has 0 radical (unpaired) electrons. The van der Waals surface area contributed by atoms with Gasteiger partial charge in [-0.05, 0) is 0 Å². The van der Waals surface area contributed by atoms with Crippen molar-refractivity contribution >= 4 is 31.2 Å². The van der Waals surface area contributed by atoms with Crippen LogP contribution in [0.1, 0.15) is 39.0 Å². The molecule has 0 aliphatic rings. The van der Waals surface area contributed by atoms with Crippen molar-refractivity contribution in [3.8, 4) is 0 Å². The molecule has 0 nitrogen and oxygen atoms in total. The minimum absolute atomic E-state index is 0.454. The second-order valence-corrected chi connectivity index (χ2v) is 8.70. The summed E-state index contributed by atoms with van der Waals surface area (Å²) >= 11 is 2.32. The van der Waals surface area contributed by atoms with Gasteiger partial charge in [0.15, 0.2) is 0 Å². The third-order valence-corrected chi connectivity index (χ3v) is 6.91. The topological polar surface area (TPSA) is 0 Å². The Balaban J connectivity index is 1.97. The van der Waals surface area contributed by atoms with Crippen LogP contribution in [-0.4, -0.2) is 15.0 Å². The van der Waals surface area contributed by atoms with Crippen molar-refractivity contribution in [1.82, 2.24) is 0 Å². The van der Waals surface area contributed by atoms with Gasteiger partial charge in [-0.2, -0.15) is 0 Å². The molecule has 0 fully saturated rings. The molecule has 0 saturated heterocycles. The molecule has 2 aromatic rings. The molecule has 22 heavy (non-hydrogen) atoms. The van der Waals surface area contributed by atoms with Crippen LogP contribution >= 0.6 is 11.8 Å². The fourth-order valence-electron chi connectivity index (χ4n) is 2.13. The molecule has 0 spiro atoms. The average Bonchev–Trinajstić information content (AvgIpc) is 2.58. The monoisotopic (exact) mass is 376 g/mol. The van der Waals surface area contributed by atoms with Crippen molar-refractivity contribution in [2.75, 3.05) is 0 Å². The van der Waals surface area contributed by atoms with E-state index in [4.69, 9.17) is 0 Å². The Bertz CT molecular complexity index is 548. The molecule has 0 aromatic heterocycles. The molecule has 0 unspecified atom stereocenters. The van der Waals surface area contributed by atoms with Gasteiger partial charge in [0.25, 0.3) is 0 Å². The molecule has 116 valence electrons. The van der Waals surface area contributed by atoms with Crippen LogP contribution in [0.15, 0.2) is 75.4 Å². The van der Waals surface area contributed by atoms with Crippen molar-refractivity contribution < 1.29 is 0 Å². The third kappa shape index (κ3) is 6.87. The molecule has 0 aliphatic carbocycles. The van der Waals surface area contributed by atoms with Crippen molar-refractivity contribution in [3.63, 3.8) is 0 Å². The number of thioether (sulfide) groups is 1. The zero-order chi connectivity index (χ0) is 15.5. The van der Waals surface area contributed by atoms with E-state index < -0.39 is 0 Å². The molecule has 0 N–H and O–H groups in total. The number of allylic oxidation sites excluding steroid dienone is 1. The van der Waals surface area contributed by atoms with Crippen LogP contribution in [0.2, 0.25) is 0 Å². The summed E-state index contributed by atoms with van der Waals surface area (Å²) in [5, 5.41) is 2.40. The molecule has 0 aliphatic heterocycles. The van der Waals surface area contributed by atoms with E-state index in [2.05, 4.69) is 73.0 Å². The van der Waals surface area contributed by atoms with Gasteiger partial charge in [0.1, 0.15) is 0 Å². The fraction of sp³-hybridized carbons (Fsp3) is 0.300. The fourth-order valence-corrected chi connectivity index (χ4v) is 5.25. The summed E-state index contributed by atoms with van der Waals surface area (Å²) < 4.78 is 3.09. The van der Waals surface area contributed by atoms with Gasteiger partial charge in [-0.3, -0.25) is 0 Å². The quantitative estimate of drug-likeness (QED) is 0.311.